The fraction of sp³-hybridized carbons (Fsp3) is 0.393. The van der Waals surface area contributed by atoms with Crippen LogP contribution in [0.15, 0.2) is 47.4 Å². The molecule has 0 aliphatic carbocycles. The molecule has 248 valence electrons. The van der Waals surface area contributed by atoms with E-state index in [1.54, 1.807) is 0 Å². The maximum atomic E-state index is 13.7. The molecule has 0 saturated carbocycles. The summed E-state index contributed by atoms with van der Waals surface area (Å²) >= 11 is 12.0. The normalized spacial score (nSPS) is 19.6. The first-order chi connectivity index (χ1) is 21.5. The second-order valence-electron chi connectivity index (χ2n) is 10.5. The summed E-state index contributed by atoms with van der Waals surface area (Å²) in [7, 11) is -4.53. The van der Waals surface area contributed by atoms with Crippen LogP contribution >= 0.6 is 23.2 Å². The third-order valence-corrected chi connectivity index (χ3v) is 9.43. The molecule has 2 fully saturated rings. The molecule has 12 nitrogen and oxygen atoms in total. The van der Waals surface area contributed by atoms with E-state index in [9.17, 15) is 45.6 Å². The number of benzene rings is 2. The number of nitrogens with one attached hydrogen (secondary N) is 2. The Morgan fingerprint density at radius 2 is 1.67 bits per heavy atom. The van der Waals surface area contributed by atoms with Gasteiger partial charge < -0.3 is 10.1 Å². The molecule has 0 radical (unpaired) electrons. The van der Waals surface area contributed by atoms with Crippen molar-refractivity contribution < 1.29 is 50.3 Å². The summed E-state index contributed by atoms with van der Waals surface area (Å²) < 4.78 is 72.0. The van der Waals surface area contributed by atoms with Crippen LogP contribution in [0.25, 0.3) is 0 Å². The summed E-state index contributed by atoms with van der Waals surface area (Å²) in [6.07, 6.45) is -4.90. The molecule has 2 saturated heterocycles. The summed E-state index contributed by atoms with van der Waals surface area (Å²) in [5.74, 6) is -4.03. The van der Waals surface area contributed by atoms with Crippen molar-refractivity contribution in [2.24, 2.45) is 0 Å². The van der Waals surface area contributed by atoms with Crippen molar-refractivity contribution in [3.8, 4) is 0 Å². The van der Waals surface area contributed by atoms with Crippen LogP contribution in [0.1, 0.15) is 48.5 Å². The lowest BCUT2D eigenvalue weighted by Crippen LogP contribution is -2.64. The first kappa shape index (κ1) is 35.1. The maximum absolute atomic E-state index is 13.7. The van der Waals surface area contributed by atoms with Gasteiger partial charge >= 0.3 is 12.1 Å². The Hall–Kier alpha value is -3.73. The van der Waals surface area contributed by atoms with Gasteiger partial charge in [0.05, 0.1) is 32.1 Å². The Kier molecular flexibility index (Phi) is 10.7. The van der Waals surface area contributed by atoms with Gasteiger partial charge in [-0.05, 0) is 62.6 Å². The molecule has 2 aliphatic rings. The number of carbonyl (C=O) groups is 5. The first-order valence-corrected chi connectivity index (χ1v) is 16.0. The zero-order valence-electron chi connectivity index (χ0n) is 24.0. The van der Waals surface area contributed by atoms with E-state index in [0.717, 1.165) is 22.2 Å². The number of hydrazine groups is 1. The number of hydrogen-bond donors (Lipinski definition) is 2. The second-order valence-corrected chi connectivity index (χ2v) is 13.0. The third kappa shape index (κ3) is 7.79. The number of sulfonamides is 1. The fourth-order valence-corrected chi connectivity index (χ4v) is 6.65. The van der Waals surface area contributed by atoms with Gasteiger partial charge in [0.25, 0.3) is 5.91 Å². The summed E-state index contributed by atoms with van der Waals surface area (Å²) in [5.41, 5.74) is -1.22. The first-order valence-electron chi connectivity index (χ1n) is 13.8. The number of rotatable bonds is 9. The Balaban J connectivity index is 1.45. The molecule has 4 rings (SSSR count). The molecule has 46 heavy (non-hydrogen) atoms. The van der Waals surface area contributed by atoms with Crippen LogP contribution < -0.4 is 10.0 Å². The number of ether oxygens (including phenoxy) is 1. The van der Waals surface area contributed by atoms with Crippen LogP contribution in [-0.4, -0.2) is 79.2 Å². The topological polar surface area (TPSA) is 159 Å². The lowest BCUT2D eigenvalue weighted by atomic mass is 10.1. The van der Waals surface area contributed by atoms with Crippen LogP contribution in [0.3, 0.4) is 0 Å². The van der Waals surface area contributed by atoms with Gasteiger partial charge in [-0.3, -0.25) is 24.2 Å². The van der Waals surface area contributed by atoms with Gasteiger partial charge in [0, 0.05) is 13.0 Å². The predicted molar refractivity (Wildman–Crippen MR) is 156 cm³/mol. The highest BCUT2D eigenvalue weighted by Crippen LogP contribution is 2.30. The third-order valence-electron chi connectivity index (χ3n) is 7.31. The zero-order chi connectivity index (χ0) is 34.0. The van der Waals surface area contributed by atoms with Crippen LogP contribution in [0.2, 0.25) is 10.0 Å². The Bertz CT molecular complexity index is 1640. The molecule has 18 heteroatoms. The SMILES string of the molecule is C[C@H](NC(=O)[C@@H]1CCCN2C(=O)CC[C@H](NS(=O)(=O)c3ccc(C(F)(F)F)cc3)C(=O)N12)C(=O)COC(=O)c1c(Cl)cccc1Cl. The van der Waals surface area contributed by atoms with Crippen molar-refractivity contribution in [2.75, 3.05) is 13.2 Å². The summed E-state index contributed by atoms with van der Waals surface area (Å²) in [6, 6.07) is 2.87. The molecule has 0 bridgehead atoms. The highest BCUT2D eigenvalue weighted by Gasteiger charge is 2.45. The van der Waals surface area contributed by atoms with Gasteiger partial charge in [0.2, 0.25) is 21.8 Å². The summed E-state index contributed by atoms with van der Waals surface area (Å²) in [5, 5.41) is 4.34. The van der Waals surface area contributed by atoms with E-state index in [1.165, 1.54) is 25.1 Å². The average Bonchev–Trinajstić information content (AvgIpc) is 3.11. The number of esters is 1. The quantitative estimate of drug-likeness (QED) is 0.377. The zero-order valence-corrected chi connectivity index (χ0v) is 26.3. The number of nitrogens with zero attached hydrogens (tertiary/aromatic N) is 2. The van der Waals surface area contributed by atoms with Gasteiger partial charge in [-0.25, -0.2) is 18.2 Å². The lowest BCUT2D eigenvalue weighted by molar-refractivity contribution is -0.176. The number of carbonyl (C=O) groups excluding carboxylic acids is 5. The Labute approximate surface area is 271 Å². The van der Waals surface area contributed by atoms with E-state index in [1.807, 2.05) is 0 Å². The second kappa shape index (κ2) is 13.9. The van der Waals surface area contributed by atoms with Crippen molar-refractivity contribution in [3.63, 3.8) is 0 Å². The maximum Gasteiger partial charge on any atom is 0.416 e. The Morgan fingerprint density at radius 3 is 2.28 bits per heavy atom. The summed E-state index contributed by atoms with van der Waals surface area (Å²) in [6.45, 7) is 0.614. The largest absolute Gasteiger partial charge is 0.454 e. The molecule has 0 spiro atoms. The van der Waals surface area contributed by atoms with E-state index in [2.05, 4.69) is 10.0 Å². The van der Waals surface area contributed by atoms with Crippen molar-refractivity contribution in [1.29, 1.82) is 0 Å². The minimum atomic E-state index is -4.70. The number of fused-ring (bicyclic) bond motifs is 1. The molecule has 0 aromatic heterocycles. The highest BCUT2D eigenvalue weighted by molar-refractivity contribution is 7.89. The van der Waals surface area contributed by atoms with Crippen molar-refractivity contribution >= 4 is 62.7 Å². The van der Waals surface area contributed by atoms with Crippen molar-refractivity contribution in [2.45, 2.75) is 61.8 Å². The molecule has 2 aromatic rings. The molecular formula is C28H27Cl2F3N4O8S. The monoisotopic (exact) mass is 706 g/mol. The molecule has 3 atom stereocenters. The summed E-state index contributed by atoms with van der Waals surface area (Å²) in [4.78, 5) is 64.5. The van der Waals surface area contributed by atoms with Crippen LogP contribution in [0, 0.1) is 0 Å². The Morgan fingerprint density at radius 1 is 1.04 bits per heavy atom. The van der Waals surface area contributed by atoms with Crippen LogP contribution in [-0.2, 0) is 40.1 Å². The van der Waals surface area contributed by atoms with Gasteiger partial charge in [-0.15, -0.1) is 0 Å². The van der Waals surface area contributed by atoms with E-state index in [-0.39, 0.29) is 41.4 Å². The van der Waals surface area contributed by atoms with Crippen molar-refractivity contribution in [3.05, 3.63) is 63.6 Å². The highest BCUT2D eigenvalue weighted by atomic mass is 35.5. The number of halogens is 5. The number of alkyl halides is 3. The van der Waals surface area contributed by atoms with Gasteiger partial charge in [-0.1, -0.05) is 29.3 Å². The smallest absolute Gasteiger partial charge is 0.416 e. The van der Waals surface area contributed by atoms with E-state index in [0.29, 0.717) is 18.6 Å². The average molecular weight is 708 g/mol. The molecular weight excluding hydrogens is 680 g/mol. The van der Waals surface area contributed by atoms with Crippen molar-refractivity contribution in [1.82, 2.24) is 20.1 Å². The van der Waals surface area contributed by atoms with Gasteiger partial charge in [-0.2, -0.15) is 17.9 Å². The lowest BCUT2D eigenvalue weighted by Gasteiger charge is -2.43. The minimum Gasteiger partial charge on any atom is -0.454 e. The van der Waals surface area contributed by atoms with E-state index in [4.69, 9.17) is 27.9 Å². The minimum absolute atomic E-state index is 0.00442. The van der Waals surface area contributed by atoms with Crippen LogP contribution in [0.5, 0.6) is 0 Å². The number of hydrogen-bond acceptors (Lipinski definition) is 8. The van der Waals surface area contributed by atoms with Gasteiger partial charge in [0.15, 0.2) is 12.4 Å². The number of ketones is 1. The molecule has 2 heterocycles. The van der Waals surface area contributed by atoms with Crippen LogP contribution in [0.4, 0.5) is 13.2 Å². The number of amides is 3. The molecule has 3 amide bonds. The molecule has 2 aromatic carbocycles. The predicted octanol–water partition coefficient (Wildman–Crippen LogP) is 3.12. The molecule has 0 unspecified atom stereocenters. The van der Waals surface area contributed by atoms with E-state index < -0.39 is 80.9 Å². The standard InChI is InChI=1S/C28H27Cl2F3N4O8S/c1-15(22(38)14-45-27(42)24-18(29)4-2-5-19(24)30)34-25(40)21-6-3-13-36-23(39)12-11-20(26(41)37(21)36)35-46(43,44)17-9-7-16(8-10-17)28(31,32)33/h2,4-5,7-10,15,20-21,35H,3,6,11-14H2,1H3,(H,34,40)/t15-,20-,21-/m0/s1. The fourth-order valence-electron chi connectivity index (χ4n) is 4.88. The molecule has 2 aliphatic heterocycles. The number of Topliss-reactive ketones (excluding diaryl/α,β-unsaturated/α-hetero) is 1. The molecule has 2 N–H and O–H groups in total. The van der Waals surface area contributed by atoms with Gasteiger partial charge in [0.1, 0.15) is 12.1 Å². The van der Waals surface area contributed by atoms with E-state index >= 15 is 0 Å².